The molecule has 0 saturated heterocycles. The van der Waals surface area contributed by atoms with Crippen LogP contribution in [0.15, 0.2) is 11.6 Å². The maximum Gasteiger partial charge on any atom is 0.318 e. The van der Waals surface area contributed by atoms with Crippen LogP contribution in [0.25, 0.3) is 0 Å². The van der Waals surface area contributed by atoms with Crippen LogP contribution in [0.1, 0.15) is 0 Å². The summed E-state index contributed by atoms with van der Waals surface area (Å²) in [6, 6.07) is 0. The second-order valence-corrected chi connectivity index (χ2v) is 2.34. The van der Waals surface area contributed by atoms with Crippen LogP contribution >= 0.6 is 11.3 Å². The van der Waals surface area contributed by atoms with Crippen LogP contribution in [0, 0.1) is 0 Å². The van der Waals surface area contributed by atoms with Gasteiger partial charge in [0.1, 0.15) is 0 Å². The first kappa shape index (κ1) is 6.22. The van der Waals surface area contributed by atoms with Crippen LogP contribution in [0.5, 0.6) is 0 Å². The number of rotatable bonds is 2. The highest BCUT2D eigenvalue weighted by Gasteiger charge is 1.99. The van der Waals surface area contributed by atoms with Gasteiger partial charge in [-0.2, -0.15) is 0 Å². The molecule has 9 heavy (non-hydrogen) atoms. The molecule has 47 valence electrons. The van der Waals surface area contributed by atoms with E-state index in [1.165, 1.54) is 16.2 Å². The fourth-order valence-corrected chi connectivity index (χ4v) is 0.981. The lowest BCUT2D eigenvalue weighted by atomic mass is 10.9. The topological polar surface area (TPSA) is 33.2 Å². The van der Waals surface area contributed by atoms with Gasteiger partial charge in [-0.05, 0) is 0 Å². The molecule has 0 aliphatic carbocycles. The summed E-state index contributed by atoms with van der Waals surface area (Å²) in [6.07, 6.45) is 3.35. The SMILES string of the molecule is CN([C]=O)c1nccs1. The van der Waals surface area contributed by atoms with Gasteiger partial charge in [-0.3, -0.25) is 9.69 Å². The van der Waals surface area contributed by atoms with Crippen molar-refractivity contribution in [1.82, 2.24) is 4.98 Å². The predicted octanol–water partition coefficient (Wildman–Crippen LogP) is 0.646. The Morgan fingerprint density at radius 2 is 2.67 bits per heavy atom. The Morgan fingerprint density at radius 1 is 1.89 bits per heavy atom. The van der Waals surface area contributed by atoms with Crippen LogP contribution in [-0.4, -0.2) is 18.4 Å². The van der Waals surface area contributed by atoms with Crippen LogP contribution in [0.2, 0.25) is 0 Å². The smallest absolute Gasteiger partial charge is 0.283 e. The van der Waals surface area contributed by atoms with Crippen molar-refractivity contribution in [2.24, 2.45) is 0 Å². The molecule has 3 nitrogen and oxygen atoms in total. The number of thiazole rings is 1. The van der Waals surface area contributed by atoms with Crippen molar-refractivity contribution in [3.05, 3.63) is 11.6 Å². The highest BCUT2D eigenvalue weighted by atomic mass is 32.1. The lowest BCUT2D eigenvalue weighted by Gasteiger charge is -2.00. The van der Waals surface area contributed by atoms with Crippen molar-refractivity contribution in [3.63, 3.8) is 0 Å². The fraction of sp³-hybridized carbons (Fsp3) is 0.200. The van der Waals surface area contributed by atoms with Crippen LogP contribution in [0.4, 0.5) is 5.13 Å². The van der Waals surface area contributed by atoms with Gasteiger partial charge < -0.3 is 0 Å². The average molecular weight is 141 g/mol. The summed E-state index contributed by atoms with van der Waals surface area (Å²) in [5.41, 5.74) is 0. The molecule has 0 N–H and O–H groups in total. The summed E-state index contributed by atoms with van der Waals surface area (Å²) in [5, 5.41) is 2.48. The Hall–Kier alpha value is -0.900. The molecule has 0 unspecified atom stereocenters. The van der Waals surface area contributed by atoms with Crippen molar-refractivity contribution >= 4 is 22.9 Å². The van der Waals surface area contributed by atoms with Gasteiger partial charge in [-0.1, -0.05) is 0 Å². The van der Waals surface area contributed by atoms with E-state index in [-0.39, 0.29) is 0 Å². The molecule has 0 fully saturated rings. The van der Waals surface area contributed by atoms with Crippen molar-refractivity contribution in [2.45, 2.75) is 0 Å². The summed E-state index contributed by atoms with van der Waals surface area (Å²) < 4.78 is 0. The number of hydrogen-bond donors (Lipinski definition) is 0. The van der Waals surface area contributed by atoms with Crippen molar-refractivity contribution < 1.29 is 4.79 Å². The molecule has 0 aliphatic heterocycles. The average Bonchev–Trinajstić information content (AvgIpc) is 2.37. The van der Waals surface area contributed by atoms with Gasteiger partial charge in [-0.15, -0.1) is 11.3 Å². The van der Waals surface area contributed by atoms with Gasteiger partial charge in [-0.25, -0.2) is 4.98 Å². The molecule has 0 atom stereocenters. The quantitative estimate of drug-likeness (QED) is 0.566. The zero-order chi connectivity index (χ0) is 6.69. The predicted molar refractivity (Wildman–Crippen MR) is 36.2 cm³/mol. The van der Waals surface area contributed by atoms with E-state index in [0.717, 1.165) is 0 Å². The Balaban J connectivity index is 2.76. The number of nitrogens with zero attached hydrogens (tertiary/aromatic N) is 2. The van der Waals surface area contributed by atoms with E-state index in [2.05, 4.69) is 4.98 Å². The van der Waals surface area contributed by atoms with Gasteiger partial charge in [0, 0.05) is 18.6 Å². The van der Waals surface area contributed by atoms with E-state index in [1.807, 2.05) is 5.38 Å². The number of amides is 1. The summed E-state index contributed by atoms with van der Waals surface area (Å²) in [7, 11) is 1.62. The second kappa shape index (κ2) is 2.59. The van der Waals surface area contributed by atoms with E-state index in [1.54, 1.807) is 19.7 Å². The Labute approximate surface area is 56.9 Å². The van der Waals surface area contributed by atoms with E-state index >= 15 is 0 Å². The minimum atomic E-state index is 0.671. The largest absolute Gasteiger partial charge is 0.318 e. The molecular weight excluding hydrogens is 136 g/mol. The van der Waals surface area contributed by atoms with E-state index in [9.17, 15) is 4.79 Å². The fourth-order valence-electron chi connectivity index (χ4n) is 0.421. The van der Waals surface area contributed by atoms with Crippen molar-refractivity contribution in [3.8, 4) is 0 Å². The number of hydrogen-bond acceptors (Lipinski definition) is 3. The Kier molecular flexibility index (Phi) is 1.79. The molecule has 0 saturated carbocycles. The van der Waals surface area contributed by atoms with Gasteiger partial charge in [0.05, 0.1) is 0 Å². The number of carbonyl (C=O) groups excluding carboxylic acids is 1. The van der Waals surface area contributed by atoms with Crippen molar-refractivity contribution in [2.75, 3.05) is 11.9 Å². The molecule has 1 amide bonds. The minimum absolute atomic E-state index is 0.671. The van der Waals surface area contributed by atoms with E-state index in [0.29, 0.717) is 5.13 Å². The lowest BCUT2D eigenvalue weighted by molar-refractivity contribution is 0.554. The van der Waals surface area contributed by atoms with Crippen LogP contribution < -0.4 is 4.90 Å². The third kappa shape index (κ3) is 1.26. The minimum Gasteiger partial charge on any atom is -0.283 e. The molecule has 0 aromatic carbocycles. The maximum absolute atomic E-state index is 9.97. The lowest BCUT2D eigenvalue weighted by Crippen LogP contribution is -2.12. The summed E-state index contributed by atoms with van der Waals surface area (Å²) in [6.45, 7) is 0. The van der Waals surface area contributed by atoms with Gasteiger partial charge in [0.2, 0.25) is 0 Å². The van der Waals surface area contributed by atoms with Gasteiger partial charge in [0.15, 0.2) is 5.13 Å². The zero-order valence-electron chi connectivity index (χ0n) is 4.87. The van der Waals surface area contributed by atoms with Crippen LogP contribution in [0.3, 0.4) is 0 Å². The molecule has 1 rings (SSSR count). The Morgan fingerprint density at radius 3 is 3.11 bits per heavy atom. The summed E-state index contributed by atoms with van der Waals surface area (Å²) in [5.74, 6) is 0. The highest BCUT2D eigenvalue weighted by molar-refractivity contribution is 7.13. The van der Waals surface area contributed by atoms with Crippen LogP contribution in [-0.2, 0) is 4.79 Å². The molecule has 0 bridgehead atoms. The zero-order valence-corrected chi connectivity index (χ0v) is 5.68. The maximum atomic E-state index is 9.97. The molecule has 0 aliphatic rings. The van der Waals surface area contributed by atoms with Crippen molar-refractivity contribution in [1.29, 1.82) is 0 Å². The standard InChI is InChI=1S/C5H5N2OS/c1-7(4-8)5-6-2-3-9-5/h2-3H,1H3. The number of anilines is 1. The summed E-state index contributed by atoms with van der Waals surface area (Å²) in [4.78, 5) is 15.1. The molecule has 0 spiro atoms. The third-order valence-electron chi connectivity index (χ3n) is 0.843. The highest BCUT2D eigenvalue weighted by Crippen LogP contribution is 2.12. The van der Waals surface area contributed by atoms with E-state index in [4.69, 9.17) is 0 Å². The van der Waals surface area contributed by atoms with Gasteiger partial charge in [0.25, 0.3) is 0 Å². The summed E-state index contributed by atoms with van der Waals surface area (Å²) >= 11 is 1.41. The molecule has 1 radical (unpaired) electrons. The number of aromatic nitrogens is 1. The molecule has 4 heteroatoms. The first-order valence-corrected chi connectivity index (χ1v) is 3.23. The first-order valence-electron chi connectivity index (χ1n) is 2.35. The molecule has 1 aromatic rings. The normalized spacial score (nSPS) is 9.00. The molecular formula is C5H5N2OS. The second-order valence-electron chi connectivity index (χ2n) is 1.46. The Bertz CT molecular complexity index is 185. The third-order valence-corrected chi connectivity index (χ3v) is 1.69. The van der Waals surface area contributed by atoms with Gasteiger partial charge >= 0.3 is 6.41 Å². The monoisotopic (exact) mass is 141 g/mol. The first-order chi connectivity index (χ1) is 4.34. The molecule has 1 heterocycles. The van der Waals surface area contributed by atoms with E-state index < -0.39 is 0 Å². The molecule has 1 aromatic heterocycles.